The summed E-state index contributed by atoms with van der Waals surface area (Å²) < 4.78 is 2.24. The van der Waals surface area contributed by atoms with Crippen molar-refractivity contribution in [1.29, 1.82) is 0 Å². The lowest BCUT2D eigenvalue weighted by Gasteiger charge is -2.42. The van der Waals surface area contributed by atoms with Crippen molar-refractivity contribution in [3.63, 3.8) is 0 Å². The largest absolute Gasteiger partial charge is 0.310 e. The van der Waals surface area contributed by atoms with Crippen molar-refractivity contribution in [3.05, 3.63) is 223 Å². The minimum absolute atomic E-state index is 0.254. The molecule has 0 spiro atoms. The van der Waals surface area contributed by atoms with Crippen molar-refractivity contribution >= 4 is 49.6 Å². The Balaban J connectivity index is 1.10. The summed E-state index contributed by atoms with van der Waals surface area (Å²) in [5.74, 6) is 1.81. The van der Waals surface area contributed by atoms with Crippen molar-refractivity contribution in [2.45, 2.75) is 19.3 Å². The fourth-order valence-electron chi connectivity index (χ4n) is 9.76. The molecular weight excluding hydrogens is 767 g/mol. The first-order valence-electron chi connectivity index (χ1n) is 21.5. The second kappa shape index (κ2) is 14.5. The number of hydrogen-bond acceptors (Lipinski definition) is 4. The number of benzene rings is 9. The highest BCUT2D eigenvalue weighted by molar-refractivity contribution is 6.25. The van der Waals surface area contributed by atoms with Crippen LogP contribution in [-0.2, 0) is 5.41 Å². The SMILES string of the molecule is CC1(C)c2ccccc2N(c2ccccc2)c2ccc(-c3cccc4c3c3c5ccccc5ccc3n4-c3nc(-c4ccccc4)nc(-c4ccc(-c5ccccc5)cc4)n3)cc21. The number of fused-ring (bicyclic) bond motifs is 7. The molecule has 0 saturated heterocycles. The zero-order valence-electron chi connectivity index (χ0n) is 34.9. The zero-order chi connectivity index (χ0) is 42.1. The van der Waals surface area contributed by atoms with Crippen LogP contribution in [0.2, 0.25) is 0 Å². The maximum absolute atomic E-state index is 5.33. The molecule has 1 aliphatic heterocycles. The van der Waals surface area contributed by atoms with Gasteiger partial charge in [0.25, 0.3) is 0 Å². The lowest BCUT2D eigenvalue weighted by atomic mass is 9.73. The molecule has 0 unspecified atom stereocenters. The average molecular weight is 808 g/mol. The molecular formula is C58H41N5. The molecule has 0 radical (unpaired) electrons. The lowest BCUT2D eigenvalue weighted by molar-refractivity contribution is 0.632. The molecule has 2 aromatic heterocycles. The number of anilines is 3. The smallest absolute Gasteiger partial charge is 0.238 e. The first-order chi connectivity index (χ1) is 31.0. The van der Waals surface area contributed by atoms with Crippen molar-refractivity contribution in [2.75, 3.05) is 4.90 Å². The van der Waals surface area contributed by atoms with Gasteiger partial charge in [-0.3, -0.25) is 4.57 Å². The predicted octanol–water partition coefficient (Wildman–Crippen LogP) is 14.9. The Labute approximate surface area is 366 Å². The van der Waals surface area contributed by atoms with Gasteiger partial charge in [0.15, 0.2) is 11.6 Å². The zero-order valence-corrected chi connectivity index (χ0v) is 34.9. The van der Waals surface area contributed by atoms with E-state index in [2.05, 4.69) is 211 Å². The molecule has 0 saturated carbocycles. The van der Waals surface area contributed by atoms with Crippen LogP contribution in [-0.4, -0.2) is 19.5 Å². The van der Waals surface area contributed by atoms with Crippen LogP contribution in [0.5, 0.6) is 0 Å². The van der Waals surface area contributed by atoms with E-state index in [4.69, 9.17) is 15.0 Å². The number of hydrogen-bond donors (Lipinski definition) is 0. The van der Waals surface area contributed by atoms with Gasteiger partial charge >= 0.3 is 0 Å². The van der Waals surface area contributed by atoms with Gasteiger partial charge in [-0.2, -0.15) is 9.97 Å². The molecule has 1 aliphatic rings. The van der Waals surface area contributed by atoms with E-state index in [9.17, 15) is 0 Å². The topological polar surface area (TPSA) is 46.8 Å². The number of aromatic nitrogens is 4. The summed E-state index contributed by atoms with van der Waals surface area (Å²) in [5, 5.41) is 4.69. The van der Waals surface area contributed by atoms with E-state index < -0.39 is 0 Å². The molecule has 12 rings (SSSR count). The number of para-hydroxylation sites is 2. The summed E-state index contributed by atoms with van der Waals surface area (Å²) in [5.41, 5.74) is 14.4. The van der Waals surface area contributed by atoms with Crippen LogP contribution >= 0.6 is 0 Å². The molecule has 5 nitrogen and oxygen atoms in total. The highest BCUT2D eigenvalue weighted by Crippen LogP contribution is 2.53. The third kappa shape index (κ3) is 5.96. The van der Waals surface area contributed by atoms with Crippen molar-refractivity contribution < 1.29 is 0 Å². The monoisotopic (exact) mass is 807 g/mol. The van der Waals surface area contributed by atoms with E-state index in [0.717, 1.165) is 49.9 Å². The maximum atomic E-state index is 5.33. The summed E-state index contributed by atoms with van der Waals surface area (Å²) in [7, 11) is 0. The molecule has 0 N–H and O–H groups in total. The Morgan fingerprint density at radius 1 is 0.397 bits per heavy atom. The van der Waals surface area contributed by atoms with Crippen LogP contribution in [0, 0.1) is 0 Å². The van der Waals surface area contributed by atoms with E-state index >= 15 is 0 Å². The molecule has 3 heterocycles. The van der Waals surface area contributed by atoms with E-state index in [0.29, 0.717) is 17.6 Å². The third-order valence-corrected chi connectivity index (χ3v) is 12.8. The second-order valence-electron chi connectivity index (χ2n) is 16.9. The fraction of sp³-hybridized carbons (Fsp3) is 0.0517. The van der Waals surface area contributed by atoms with Crippen LogP contribution in [0.15, 0.2) is 212 Å². The molecule has 0 amide bonds. The van der Waals surface area contributed by atoms with Crippen molar-refractivity contribution in [1.82, 2.24) is 19.5 Å². The van der Waals surface area contributed by atoms with Crippen LogP contribution in [0.1, 0.15) is 25.0 Å². The van der Waals surface area contributed by atoms with E-state index in [1.54, 1.807) is 0 Å². The number of nitrogens with zero attached hydrogens (tertiary/aromatic N) is 5. The lowest BCUT2D eigenvalue weighted by Crippen LogP contribution is -2.30. The quantitative estimate of drug-likeness (QED) is 0.168. The second-order valence-corrected chi connectivity index (χ2v) is 16.9. The Bertz CT molecular complexity index is 3520. The molecule has 11 aromatic rings. The van der Waals surface area contributed by atoms with Gasteiger partial charge in [-0.05, 0) is 86.6 Å². The Morgan fingerprint density at radius 3 is 1.73 bits per heavy atom. The maximum Gasteiger partial charge on any atom is 0.238 e. The standard InChI is InChI=1S/C58H41N5/c1-58(2)47-26-14-15-27-49(47)62(44-22-10-5-11-23-44)50-35-34-43(37-48(50)58)46-25-16-28-51-54(46)53-45-24-13-12-19-40(45)33-36-52(53)63(51)57-60-55(41-20-8-4-9-21-41)59-56(61-57)42-31-29-39(30-32-42)38-17-6-3-7-18-38/h3-37H,1-2H3. The molecule has 9 aromatic carbocycles. The van der Waals surface area contributed by atoms with Crippen LogP contribution in [0.4, 0.5) is 17.1 Å². The molecule has 63 heavy (non-hydrogen) atoms. The van der Waals surface area contributed by atoms with Crippen LogP contribution in [0.3, 0.4) is 0 Å². The Hall–Kier alpha value is -8.15. The summed E-state index contributed by atoms with van der Waals surface area (Å²) in [6, 6.07) is 75.6. The van der Waals surface area contributed by atoms with Gasteiger partial charge in [0, 0.05) is 33.0 Å². The third-order valence-electron chi connectivity index (χ3n) is 12.8. The average Bonchev–Trinajstić information content (AvgIpc) is 3.70. The van der Waals surface area contributed by atoms with E-state index in [1.165, 1.54) is 44.2 Å². The predicted molar refractivity (Wildman–Crippen MR) is 260 cm³/mol. The van der Waals surface area contributed by atoms with Crippen molar-refractivity contribution in [3.8, 4) is 51.0 Å². The molecule has 0 bridgehead atoms. The van der Waals surface area contributed by atoms with Gasteiger partial charge in [-0.15, -0.1) is 0 Å². The van der Waals surface area contributed by atoms with Crippen LogP contribution in [0.25, 0.3) is 83.6 Å². The summed E-state index contributed by atoms with van der Waals surface area (Å²) in [4.78, 5) is 18.2. The fourth-order valence-corrected chi connectivity index (χ4v) is 9.76. The van der Waals surface area contributed by atoms with Gasteiger partial charge in [-0.25, -0.2) is 4.98 Å². The van der Waals surface area contributed by atoms with Gasteiger partial charge < -0.3 is 4.90 Å². The van der Waals surface area contributed by atoms with E-state index in [-0.39, 0.29) is 5.41 Å². The van der Waals surface area contributed by atoms with Crippen LogP contribution < -0.4 is 4.90 Å². The summed E-state index contributed by atoms with van der Waals surface area (Å²) in [6.07, 6.45) is 0. The van der Waals surface area contributed by atoms with Gasteiger partial charge in [-0.1, -0.05) is 184 Å². The van der Waals surface area contributed by atoms with Gasteiger partial charge in [0.05, 0.1) is 22.4 Å². The first-order valence-corrected chi connectivity index (χ1v) is 21.5. The summed E-state index contributed by atoms with van der Waals surface area (Å²) >= 11 is 0. The minimum atomic E-state index is -0.254. The molecule has 0 aliphatic carbocycles. The molecule has 0 atom stereocenters. The van der Waals surface area contributed by atoms with Gasteiger partial charge in [0.1, 0.15) is 0 Å². The first kappa shape index (κ1) is 36.7. The minimum Gasteiger partial charge on any atom is -0.310 e. The van der Waals surface area contributed by atoms with Gasteiger partial charge in [0.2, 0.25) is 5.95 Å². The Morgan fingerprint density at radius 2 is 0.968 bits per heavy atom. The van der Waals surface area contributed by atoms with Crippen molar-refractivity contribution in [2.24, 2.45) is 0 Å². The number of rotatable bonds is 6. The highest BCUT2D eigenvalue weighted by atomic mass is 15.2. The normalized spacial score (nSPS) is 13.0. The Kier molecular flexibility index (Phi) is 8.44. The highest BCUT2D eigenvalue weighted by Gasteiger charge is 2.37. The molecule has 0 fully saturated rings. The molecule has 298 valence electrons. The summed E-state index contributed by atoms with van der Waals surface area (Å²) in [6.45, 7) is 4.71. The van der Waals surface area contributed by atoms with E-state index in [1.807, 2.05) is 24.3 Å². The molecule has 5 heteroatoms.